The fourth-order valence-corrected chi connectivity index (χ4v) is 3.28. The topological polar surface area (TPSA) is 199 Å². The number of aliphatic imine (C=N–C) groups is 4. The second-order valence-corrected chi connectivity index (χ2v) is 7.12. The Balaban J connectivity index is 1.58. The Morgan fingerprint density at radius 2 is 2.12 bits per heavy atom. The van der Waals surface area contributed by atoms with E-state index in [9.17, 15) is 24.9 Å². The van der Waals surface area contributed by atoms with Gasteiger partial charge in [0.2, 0.25) is 11.8 Å². The first-order chi connectivity index (χ1) is 15.4. The minimum absolute atomic E-state index is 0.103. The van der Waals surface area contributed by atoms with Gasteiger partial charge in [0.15, 0.2) is 18.1 Å². The molecule has 14 heteroatoms. The Bertz CT molecular complexity index is 813. The molecule has 6 unspecified atom stereocenters. The van der Waals surface area contributed by atoms with Crippen molar-refractivity contribution in [2.45, 2.75) is 50.0 Å². The van der Waals surface area contributed by atoms with E-state index in [0.717, 1.165) is 0 Å². The lowest BCUT2D eigenvalue weighted by Gasteiger charge is -2.41. The number of rotatable bonds is 9. The Hall–Kier alpha value is -2.78. The summed E-state index contributed by atoms with van der Waals surface area (Å²) in [7, 11) is 0. The van der Waals surface area contributed by atoms with Gasteiger partial charge in [-0.3, -0.25) is 14.6 Å². The SMILES string of the molecule is CCOCCC(=O)NCC(=O)NC1C(CO)OC(/N=C2\N=CNC3=NC=NC32)C(O)C1O. The van der Waals surface area contributed by atoms with Crippen molar-refractivity contribution in [3.63, 3.8) is 0 Å². The summed E-state index contributed by atoms with van der Waals surface area (Å²) in [6, 6.07) is -1.71. The Kier molecular flexibility index (Phi) is 8.35. The predicted octanol–water partition coefficient (Wildman–Crippen LogP) is -3.71. The molecule has 0 saturated carbocycles. The standard InChI is InChI=1S/C18H27N7O7/c1-2-31-4-3-10(27)19-5-11(28)24-12-9(6-26)32-18(15(30)14(12)29)25-17-13-16(21-7-20-13)22-8-23-17/h7-9,12-15,18,26,29-30H,2-6H2,1H3,(H,19,27)(H,24,28)(H,20,21,22,23,25). The van der Waals surface area contributed by atoms with Crippen LogP contribution in [0.3, 0.4) is 0 Å². The van der Waals surface area contributed by atoms with E-state index in [-0.39, 0.29) is 31.3 Å². The van der Waals surface area contributed by atoms with E-state index in [1.165, 1.54) is 12.7 Å². The van der Waals surface area contributed by atoms with Gasteiger partial charge in [-0.15, -0.1) is 0 Å². The van der Waals surface area contributed by atoms with E-state index in [0.29, 0.717) is 12.4 Å². The number of carbonyl (C=O) groups excluding carboxylic acids is 2. The lowest BCUT2D eigenvalue weighted by atomic mass is 9.95. The highest BCUT2D eigenvalue weighted by atomic mass is 16.5. The van der Waals surface area contributed by atoms with Crippen molar-refractivity contribution < 1.29 is 34.4 Å². The molecule has 0 aliphatic carbocycles. The second kappa shape index (κ2) is 11.2. The zero-order valence-corrected chi connectivity index (χ0v) is 17.4. The Morgan fingerprint density at radius 3 is 2.88 bits per heavy atom. The fraction of sp³-hybridized carbons (Fsp3) is 0.667. The van der Waals surface area contributed by atoms with E-state index >= 15 is 0 Å². The zero-order valence-electron chi connectivity index (χ0n) is 17.4. The molecule has 6 atom stereocenters. The average Bonchev–Trinajstić information content (AvgIpc) is 3.27. The first-order valence-corrected chi connectivity index (χ1v) is 10.2. The van der Waals surface area contributed by atoms with Crippen molar-refractivity contribution in [1.82, 2.24) is 16.0 Å². The number of nitrogens with zero attached hydrogens (tertiary/aromatic N) is 4. The number of amidine groups is 2. The number of amides is 2. The summed E-state index contributed by atoms with van der Waals surface area (Å²) in [4.78, 5) is 40.4. The van der Waals surface area contributed by atoms with Gasteiger partial charge in [0.05, 0.1) is 32.1 Å². The summed E-state index contributed by atoms with van der Waals surface area (Å²) in [6.45, 7) is 1.62. The summed E-state index contributed by atoms with van der Waals surface area (Å²) in [5.74, 6) is -0.274. The molecule has 3 aliphatic heterocycles. The van der Waals surface area contributed by atoms with Crippen molar-refractivity contribution in [3.8, 4) is 0 Å². The third-order valence-corrected chi connectivity index (χ3v) is 4.94. The molecular weight excluding hydrogens is 426 g/mol. The molecule has 32 heavy (non-hydrogen) atoms. The number of carbonyl (C=O) groups is 2. The maximum absolute atomic E-state index is 12.2. The molecule has 3 heterocycles. The van der Waals surface area contributed by atoms with Crippen molar-refractivity contribution in [3.05, 3.63) is 0 Å². The van der Waals surface area contributed by atoms with Crippen LogP contribution in [0.5, 0.6) is 0 Å². The smallest absolute Gasteiger partial charge is 0.239 e. The molecule has 0 bridgehead atoms. The number of aliphatic hydroxyl groups is 3. The molecule has 0 aromatic rings. The van der Waals surface area contributed by atoms with Crippen molar-refractivity contribution >= 4 is 36.2 Å². The molecule has 3 aliphatic rings. The molecule has 14 nitrogen and oxygen atoms in total. The van der Waals surface area contributed by atoms with Crippen molar-refractivity contribution in [2.75, 3.05) is 26.4 Å². The molecule has 1 fully saturated rings. The largest absolute Gasteiger partial charge is 0.394 e. The second-order valence-electron chi connectivity index (χ2n) is 7.12. The van der Waals surface area contributed by atoms with Gasteiger partial charge in [-0.2, -0.15) is 0 Å². The van der Waals surface area contributed by atoms with Gasteiger partial charge >= 0.3 is 0 Å². The molecule has 0 spiro atoms. The van der Waals surface area contributed by atoms with Gasteiger partial charge in [-0.05, 0) is 6.92 Å². The summed E-state index contributed by atoms with van der Waals surface area (Å²) in [5.41, 5.74) is 0. The van der Waals surface area contributed by atoms with Gasteiger partial charge in [0.1, 0.15) is 30.5 Å². The first kappa shape index (κ1) is 23.9. The molecule has 6 N–H and O–H groups in total. The van der Waals surface area contributed by atoms with Gasteiger partial charge in [0, 0.05) is 13.0 Å². The molecule has 0 aromatic carbocycles. The lowest BCUT2D eigenvalue weighted by molar-refractivity contribution is -0.190. The summed E-state index contributed by atoms with van der Waals surface area (Å²) < 4.78 is 10.7. The number of fused-ring (bicyclic) bond motifs is 1. The predicted molar refractivity (Wildman–Crippen MR) is 113 cm³/mol. The number of ether oxygens (including phenoxy) is 2. The Morgan fingerprint density at radius 1 is 1.31 bits per heavy atom. The van der Waals surface area contributed by atoms with E-state index in [4.69, 9.17) is 9.47 Å². The molecule has 1 saturated heterocycles. The third kappa shape index (κ3) is 5.72. The van der Waals surface area contributed by atoms with Crippen LogP contribution >= 0.6 is 0 Å². The molecule has 176 valence electrons. The minimum Gasteiger partial charge on any atom is -0.394 e. The van der Waals surface area contributed by atoms with Crippen LogP contribution < -0.4 is 16.0 Å². The number of nitrogens with one attached hydrogen (secondary N) is 3. The van der Waals surface area contributed by atoms with Gasteiger partial charge < -0.3 is 40.7 Å². The quantitative estimate of drug-likeness (QED) is 0.192. The average molecular weight is 453 g/mol. The highest BCUT2D eigenvalue weighted by Gasteiger charge is 2.45. The van der Waals surface area contributed by atoms with Crippen LogP contribution in [0.2, 0.25) is 0 Å². The normalized spacial score (nSPS) is 32.2. The maximum Gasteiger partial charge on any atom is 0.239 e. The number of aliphatic hydroxyl groups excluding tert-OH is 3. The molecular formula is C18H27N7O7. The van der Waals surface area contributed by atoms with Crippen LogP contribution in [-0.2, 0) is 19.1 Å². The van der Waals surface area contributed by atoms with Crippen LogP contribution in [0, 0.1) is 0 Å². The van der Waals surface area contributed by atoms with E-state index in [2.05, 4.69) is 35.9 Å². The highest BCUT2D eigenvalue weighted by molar-refractivity contribution is 6.21. The van der Waals surface area contributed by atoms with Crippen LogP contribution in [0.4, 0.5) is 0 Å². The van der Waals surface area contributed by atoms with Crippen LogP contribution in [0.1, 0.15) is 13.3 Å². The summed E-state index contributed by atoms with van der Waals surface area (Å²) >= 11 is 0. The van der Waals surface area contributed by atoms with Crippen molar-refractivity contribution in [2.24, 2.45) is 20.0 Å². The fourth-order valence-electron chi connectivity index (χ4n) is 3.28. The van der Waals surface area contributed by atoms with Crippen LogP contribution in [0.25, 0.3) is 0 Å². The van der Waals surface area contributed by atoms with Crippen LogP contribution in [-0.4, -0.2) is 114 Å². The van der Waals surface area contributed by atoms with Gasteiger partial charge in [0.25, 0.3) is 0 Å². The first-order valence-electron chi connectivity index (χ1n) is 10.2. The molecule has 0 aromatic heterocycles. The van der Waals surface area contributed by atoms with Gasteiger partial charge in [-0.25, -0.2) is 15.0 Å². The van der Waals surface area contributed by atoms with Crippen LogP contribution in [0.15, 0.2) is 20.0 Å². The van der Waals surface area contributed by atoms with E-state index in [1.54, 1.807) is 6.92 Å². The highest BCUT2D eigenvalue weighted by Crippen LogP contribution is 2.23. The molecule has 2 amide bonds. The maximum atomic E-state index is 12.2. The van der Waals surface area contributed by atoms with Gasteiger partial charge in [-0.1, -0.05) is 0 Å². The third-order valence-electron chi connectivity index (χ3n) is 4.94. The minimum atomic E-state index is -1.52. The summed E-state index contributed by atoms with van der Waals surface area (Å²) in [6.07, 6.45) is -2.52. The monoisotopic (exact) mass is 453 g/mol. The van der Waals surface area contributed by atoms with E-state index < -0.39 is 49.1 Å². The number of hydrogen-bond acceptors (Lipinski definition) is 11. The number of hydrogen-bond donors (Lipinski definition) is 6. The lowest BCUT2D eigenvalue weighted by Crippen LogP contribution is -2.64. The zero-order chi connectivity index (χ0) is 23.1. The Labute approximate surface area is 183 Å². The van der Waals surface area contributed by atoms with Crippen molar-refractivity contribution in [1.29, 1.82) is 0 Å². The molecule has 0 radical (unpaired) electrons. The van der Waals surface area contributed by atoms with E-state index in [1.807, 2.05) is 0 Å². The summed E-state index contributed by atoms with van der Waals surface area (Å²) in [5, 5.41) is 38.5. The molecule has 3 rings (SSSR count).